The van der Waals surface area contributed by atoms with E-state index in [4.69, 9.17) is 5.11 Å². The summed E-state index contributed by atoms with van der Waals surface area (Å²) in [7, 11) is 0. The molecule has 4 rings (SSSR count). The van der Waals surface area contributed by atoms with Crippen LogP contribution in [0.4, 0.5) is 8.78 Å². The highest BCUT2D eigenvalue weighted by molar-refractivity contribution is 7.26. The molecule has 1 aromatic heterocycles. The van der Waals surface area contributed by atoms with Gasteiger partial charge < -0.3 is 10.2 Å². The van der Waals surface area contributed by atoms with Crippen LogP contribution in [0.2, 0.25) is 0 Å². The van der Waals surface area contributed by atoms with Crippen LogP contribution in [0.5, 0.6) is 5.75 Å². The number of benzene rings is 3. The normalized spacial score (nSPS) is 11.5. The lowest BCUT2D eigenvalue weighted by molar-refractivity contribution is 0.288. The van der Waals surface area contributed by atoms with Crippen LogP contribution >= 0.6 is 11.3 Å². The number of aromatic hydroxyl groups is 1. The van der Waals surface area contributed by atoms with E-state index in [1.54, 1.807) is 18.2 Å². The number of hydrogen-bond acceptors (Lipinski definition) is 3. The Morgan fingerprint density at radius 1 is 0.808 bits per heavy atom. The van der Waals surface area contributed by atoms with E-state index in [0.717, 1.165) is 28.9 Å². The van der Waals surface area contributed by atoms with Gasteiger partial charge in [0.05, 0.1) is 9.40 Å². The second kappa shape index (κ2) is 6.67. The van der Waals surface area contributed by atoms with Gasteiger partial charge in [-0.2, -0.15) is 0 Å². The van der Waals surface area contributed by atoms with Crippen molar-refractivity contribution >= 4 is 31.5 Å². The van der Waals surface area contributed by atoms with Crippen molar-refractivity contribution in [2.24, 2.45) is 0 Å². The smallest absolute Gasteiger partial charge is 0.182 e. The fraction of sp³-hybridized carbons (Fsp3) is 0.143. The minimum absolute atomic E-state index is 0.144. The molecule has 0 atom stereocenters. The monoisotopic (exact) mass is 370 g/mol. The molecular formula is C21H16F2O2S. The lowest BCUT2D eigenvalue weighted by atomic mass is 10.0. The molecule has 2 nitrogen and oxygen atoms in total. The van der Waals surface area contributed by atoms with Crippen LogP contribution in [0.1, 0.15) is 12.0 Å². The number of rotatable bonds is 4. The molecule has 0 spiro atoms. The molecule has 0 bridgehead atoms. The highest BCUT2D eigenvalue weighted by atomic mass is 32.1. The van der Waals surface area contributed by atoms with E-state index < -0.39 is 11.6 Å². The molecule has 0 amide bonds. The molecule has 0 aliphatic carbocycles. The van der Waals surface area contributed by atoms with Crippen molar-refractivity contribution in [3.05, 3.63) is 65.7 Å². The van der Waals surface area contributed by atoms with Crippen molar-refractivity contribution in [3.8, 4) is 16.9 Å². The maximum absolute atomic E-state index is 15.1. The van der Waals surface area contributed by atoms with Gasteiger partial charge in [-0.1, -0.05) is 36.4 Å². The SMILES string of the molecule is OCCCc1ccc(-c2ccc3c(sc4c(F)c(O)ccc43)c2F)cc1. The molecule has 0 saturated carbocycles. The average Bonchev–Trinajstić information content (AvgIpc) is 3.04. The van der Waals surface area contributed by atoms with Crippen molar-refractivity contribution in [1.29, 1.82) is 0 Å². The summed E-state index contributed by atoms with van der Waals surface area (Å²) >= 11 is 1.01. The number of hydrogen-bond donors (Lipinski definition) is 2. The molecule has 1 heterocycles. The summed E-state index contributed by atoms with van der Waals surface area (Å²) in [6.45, 7) is 0.144. The van der Waals surface area contributed by atoms with Crippen LogP contribution in [0.3, 0.4) is 0 Å². The summed E-state index contributed by atoms with van der Waals surface area (Å²) in [6, 6.07) is 14.0. The standard InChI is InChI=1S/C21H16F2O2S/c22-18-14(13-5-3-12(4-6-13)2-1-11-24)7-8-15-16-9-10-17(25)19(23)21(16)26-20(15)18/h3-10,24-25H,1-2,11H2. The van der Waals surface area contributed by atoms with Gasteiger partial charge in [-0.05, 0) is 36.1 Å². The summed E-state index contributed by atoms with van der Waals surface area (Å²) in [6.07, 6.45) is 1.47. The quantitative estimate of drug-likeness (QED) is 0.489. The molecule has 0 fully saturated rings. The van der Waals surface area contributed by atoms with E-state index in [2.05, 4.69) is 0 Å². The van der Waals surface area contributed by atoms with E-state index in [0.29, 0.717) is 27.5 Å². The Labute approximate surface area is 153 Å². The maximum atomic E-state index is 15.1. The van der Waals surface area contributed by atoms with E-state index in [1.807, 2.05) is 24.3 Å². The van der Waals surface area contributed by atoms with Gasteiger partial charge in [-0.25, -0.2) is 8.78 Å². The molecule has 0 aliphatic heterocycles. The Balaban J connectivity index is 1.83. The zero-order valence-corrected chi connectivity index (χ0v) is 14.6. The zero-order valence-electron chi connectivity index (χ0n) is 13.8. The highest BCUT2D eigenvalue weighted by Gasteiger charge is 2.17. The van der Waals surface area contributed by atoms with Gasteiger partial charge in [0.25, 0.3) is 0 Å². The lowest BCUT2D eigenvalue weighted by Gasteiger charge is -2.06. The second-order valence-corrected chi connectivity index (χ2v) is 7.23. The van der Waals surface area contributed by atoms with Crippen molar-refractivity contribution in [2.75, 3.05) is 6.61 Å². The predicted molar refractivity (Wildman–Crippen MR) is 102 cm³/mol. The Kier molecular flexibility index (Phi) is 4.34. The number of thiophene rings is 1. The second-order valence-electron chi connectivity index (χ2n) is 6.21. The average molecular weight is 370 g/mol. The van der Waals surface area contributed by atoms with E-state index in [9.17, 15) is 9.50 Å². The zero-order chi connectivity index (χ0) is 18.3. The molecular weight excluding hydrogens is 354 g/mol. The van der Waals surface area contributed by atoms with Crippen LogP contribution < -0.4 is 0 Å². The number of aliphatic hydroxyl groups is 1. The summed E-state index contributed by atoms with van der Waals surface area (Å²) < 4.78 is 29.9. The van der Waals surface area contributed by atoms with E-state index in [-0.39, 0.29) is 17.1 Å². The first-order valence-electron chi connectivity index (χ1n) is 8.32. The predicted octanol–water partition coefficient (Wildman–Crippen LogP) is 5.63. The number of aliphatic hydroxyl groups excluding tert-OH is 1. The molecule has 26 heavy (non-hydrogen) atoms. The van der Waals surface area contributed by atoms with Crippen LogP contribution in [-0.2, 0) is 6.42 Å². The number of fused-ring (bicyclic) bond motifs is 3. The summed E-state index contributed by atoms with van der Waals surface area (Å²) in [4.78, 5) is 0. The lowest BCUT2D eigenvalue weighted by Crippen LogP contribution is -1.90. The van der Waals surface area contributed by atoms with Gasteiger partial charge in [0, 0.05) is 22.9 Å². The third-order valence-electron chi connectivity index (χ3n) is 4.56. The molecule has 2 N–H and O–H groups in total. The minimum Gasteiger partial charge on any atom is -0.505 e. The van der Waals surface area contributed by atoms with E-state index in [1.165, 1.54) is 6.07 Å². The largest absolute Gasteiger partial charge is 0.505 e. The molecule has 0 saturated heterocycles. The van der Waals surface area contributed by atoms with Crippen molar-refractivity contribution in [1.82, 2.24) is 0 Å². The van der Waals surface area contributed by atoms with Gasteiger partial charge >= 0.3 is 0 Å². The van der Waals surface area contributed by atoms with Crippen molar-refractivity contribution in [2.45, 2.75) is 12.8 Å². The van der Waals surface area contributed by atoms with Gasteiger partial charge in [0.2, 0.25) is 0 Å². The van der Waals surface area contributed by atoms with Gasteiger partial charge in [-0.15, -0.1) is 11.3 Å². The summed E-state index contributed by atoms with van der Waals surface area (Å²) in [5, 5.41) is 19.7. The minimum atomic E-state index is -0.710. The molecule has 0 unspecified atom stereocenters. The van der Waals surface area contributed by atoms with Crippen LogP contribution in [0.25, 0.3) is 31.3 Å². The first-order chi connectivity index (χ1) is 12.6. The molecule has 5 heteroatoms. The summed E-state index contributed by atoms with van der Waals surface area (Å²) in [5.74, 6) is -1.52. The summed E-state index contributed by atoms with van der Waals surface area (Å²) in [5.41, 5.74) is 2.30. The highest BCUT2D eigenvalue weighted by Crippen LogP contribution is 2.41. The fourth-order valence-electron chi connectivity index (χ4n) is 3.18. The Hall–Kier alpha value is -2.50. The molecule has 0 radical (unpaired) electrons. The topological polar surface area (TPSA) is 40.5 Å². The van der Waals surface area contributed by atoms with Crippen molar-refractivity contribution in [3.63, 3.8) is 0 Å². The third kappa shape index (κ3) is 2.73. The Morgan fingerprint density at radius 3 is 2.15 bits per heavy atom. The Bertz CT molecular complexity index is 1100. The number of phenols is 1. The molecule has 3 aromatic carbocycles. The van der Waals surface area contributed by atoms with Crippen LogP contribution in [0, 0.1) is 11.6 Å². The fourth-order valence-corrected chi connectivity index (χ4v) is 4.36. The molecule has 132 valence electrons. The first kappa shape index (κ1) is 16.9. The van der Waals surface area contributed by atoms with E-state index >= 15 is 4.39 Å². The third-order valence-corrected chi connectivity index (χ3v) is 5.76. The van der Waals surface area contributed by atoms with Crippen molar-refractivity contribution < 1.29 is 19.0 Å². The number of halogens is 2. The van der Waals surface area contributed by atoms with Crippen LogP contribution in [-0.4, -0.2) is 16.8 Å². The van der Waals surface area contributed by atoms with Gasteiger partial charge in [-0.3, -0.25) is 0 Å². The first-order valence-corrected chi connectivity index (χ1v) is 9.14. The van der Waals surface area contributed by atoms with Gasteiger partial charge in [0.15, 0.2) is 11.6 Å². The molecule has 0 aliphatic rings. The number of aryl methyl sites for hydroxylation is 1. The molecule has 4 aromatic rings. The van der Waals surface area contributed by atoms with Crippen LogP contribution in [0.15, 0.2) is 48.5 Å². The maximum Gasteiger partial charge on any atom is 0.182 e. The van der Waals surface area contributed by atoms with Gasteiger partial charge in [0.1, 0.15) is 5.82 Å². The number of phenolic OH excluding ortho intramolecular Hbond substituents is 1. The Morgan fingerprint density at radius 2 is 1.46 bits per heavy atom.